The van der Waals surface area contributed by atoms with E-state index in [2.05, 4.69) is 57.9 Å². The lowest BCUT2D eigenvalue weighted by Crippen LogP contribution is -2.29. The van der Waals surface area contributed by atoms with E-state index in [0.717, 1.165) is 50.3 Å². The van der Waals surface area contributed by atoms with E-state index in [4.69, 9.17) is 9.47 Å². The van der Waals surface area contributed by atoms with Gasteiger partial charge >= 0.3 is 0 Å². The Balaban J connectivity index is 1.42. The summed E-state index contributed by atoms with van der Waals surface area (Å²) in [5.41, 5.74) is 4.20. The molecule has 38 heavy (non-hydrogen) atoms. The molecular weight excluding hydrogens is 476 g/mol. The van der Waals surface area contributed by atoms with Crippen molar-refractivity contribution in [3.05, 3.63) is 83.4 Å². The lowest BCUT2D eigenvalue weighted by molar-refractivity contribution is 0.0764. The molecule has 2 aromatic carbocycles. The van der Waals surface area contributed by atoms with Crippen molar-refractivity contribution in [3.8, 4) is 5.75 Å². The SMILES string of the molecule is CC(C)CCN1CCOCCOc2ccc(C(=O)NCCCCn3ccnc3)cc2Cc2cccc(c2)C1. The second-order valence-electron chi connectivity index (χ2n) is 10.5. The largest absolute Gasteiger partial charge is 0.491 e. The zero-order valence-electron chi connectivity index (χ0n) is 22.9. The lowest BCUT2D eigenvalue weighted by Gasteiger charge is -2.24. The highest BCUT2D eigenvalue weighted by Crippen LogP contribution is 2.25. The maximum absolute atomic E-state index is 12.9. The van der Waals surface area contributed by atoms with Crippen LogP contribution in [0.5, 0.6) is 5.75 Å². The molecule has 7 heteroatoms. The van der Waals surface area contributed by atoms with Crippen molar-refractivity contribution < 1.29 is 14.3 Å². The van der Waals surface area contributed by atoms with Gasteiger partial charge < -0.3 is 19.4 Å². The average Bonchev–Trinajstić information content (AvgIpc) is 3.43. The van der Waals surface area contributed by atoms with E-state index in [1.165, 1.54) is 17.5 Å². The third-order valence-electron chi connectivity index (χ3n) is 6.86. The lowest BCUT2D eigenvalue weighted by atomic mass is 9.99. The molecule has 1 aromatic heterocycles. The number of carbonyl (C=O) groups is 1. The first-order valence-electron chi connectivity index (χ1n) is 13.9. The molecule has 7 nitrogen and oxygen atoms in total. The fourth-order valence-electron chi connectivity index (χ4n) is 4.68. The Bertz CT molecular complexity index is 1130. The van der Waals surface area contributed by atoms with Crippen LogP contribution in [-0.4, -0.2) is 59.8 Å². The highest BCUT2D eigenvalue weighted by molar-refractivity contribution is 5.94. The van der Waals surface area contributed by atoms with E-state index in [9.17, 15) is 4.79 Å². The summed E-state index contributed by atoms with van der Waals surface area (Å²) in [5.74, 6) is 1.44. The molecule has 0 unspecified atom stereocenters. The number of amides is 1. The predicted molar refractivity (Wildman–Crippen MR) is 151 cm³/mol. The van der Waals surface area contributed by atoms with E-state index in [1.54, 1.807) is 6.20 Å². The molecule has 0 saturated heterocycles. The van der Waals surface area contributed by atoms with Crippen LogP contribution in [0.4, 0.5) is 0 Å². The Hall–Kier alpha value is -3.16. The predicted octanol–water partition coefficient (Wildman–Crippen LogP) is 4.94. The Morgan fingerprint density at radius 1 is 1.05 bits per heavy atom. The molecule has 0 radical (unpaired) electrons. The van der Waals surface area contributed by atoms with Crippen LogP contribution in [-0.2, 0) is 24.2 Å². The second kappa shape index (κ2) is 14.7. The van der Waals surface area contributed by atoms with Crippen molar-refractivity contribution in [3.63, 3.8) is 0 Å². The van der Waals surface area contributed by atoms with Gasteiger partial charge in [-0.25, -0.2) is 4.98 Å². The molecule has 0 aliphatic carbocycles. The van der Waals surface area contributed by atoms with Crippen molar-refractivity contribution in [2.75, 3.05) is 39.5 Å². The number of hydrogen-bond acceptors (Lipinski definition) is 5. The number of unbranched alkanes of at least 4 members (excludes halogenated alkanes) is 1. The van der Waals surface area contributed by atoms with Gasteiger partial charge in [-0.1, -0.05) is 38.1 Å². The number of aryl methyl sites for hydroxylation is 1. The quantitative estimate of drug-likeness (QED) is 0.407. The average molecular weight is 519 g/mol. The molecule has 1 N–H and O–H groups in total. The fourth-order valence-corrected chi connectivity index (χ4v) is 4.68. The number of imidazole rings is 1. The summed E-state index contributed by atoms with van der Waals surface area (Å²) in [7, 11) is 0. The van der Waals surface area contributed by atoms with Gasteiger partial charge in [0.1, 0.15) is 12.4 Å². The molecule has 2 heterocycles. The monoisotopic (exact) mass is 518 g/mol. The topological polar surface area (TPSA) is 68.6 Å². The molecule has 1 amide bonds. The van der Waals surface area contributed by atoms with Gasteiger partial charge in [-0.2, -0.15) is 0 Å². The summed E-state index contributed by atoms with van der Waals surface area (Å²) in [5, 5.41) is 3.07. The van der Waals surface area contributed by atoms with Gasteiger partial charge in [0.25, 0.3) is 5.91 Å². The first kappa shape index (κ1) is 27.9. The number of aromatic nitrogens is 2. The van der Waals surface area contributed by atoms with Gasteiger partial charge in [0.2, 0.25) is 0 Å². The Morgan fingerprint density at radius 2 is 1.95 bits per heavy atom. The first-order valence-corrected chi connectivity index (χ1v) is 13.9. The number of ether oxygens (including phenoxy) is 2. The van der Waals surface area contributed by atoms with Gasteiger partial charge in [0.15, 0.2) is 0 Å². The van der Waals surface area contributed by atoms with Crippen molar-refractivity contribution in [1.82, 2.24) is 19.8 Å². The number of nitrogens with one attached hydrogen (secondary N) is 1. The molecule has 204 valence electrons. The molecule has 1 aliphatic rings. The summed E-state index contributed by atoms with van der Waals surface area (Å²) in [6.07, 6.45) is 9.35. The third-order valence-corrected chi connectivity index (χ3v) is 6.86. The molecule has 0 fully saturated rings. The maximum atomic E-state index is 12.9. The van der Waals surface area contributed by atoms with E-state index < -0.39 is 0 Å². The molecule has 4 rings (SSSR count). The normalized spacial score (nSPS) is 14.9. The van der Waals surface area contributed by atoms with Crippen molar-refractivity contribution in [2.24, 2.45) is 5.92 Å². The summed E-state index contributed by atoms with van der Waals surface area (Å²) in [4.78, 5) is 19.5. The Morgan fingerprint density at radius 3 is 2.79 bits per heavy atom. The standard InChI is InChI=1S/C31H42N4O3/c1-25(2)10-14-34-16-17-37-18-19-38-30-9-8-28(22-29(30)21-26-6-5-7-27(20-26)23-34)31(36)33-11-3-4-13-35-15-12-32-24-35/h5-9,12,15,20,22,24-25H,3-4,10-11,13-14,16-19,21,23H2,1-2H3,(H,33,36). The van der Waals surface area contributed by atoms with Crippen LogP contribution in [0.15, 0.2) is 61.2 Å². The number of hydrogen-bond donors (Lipinski definition) is 1. The van der Waals surface area contributed by atoms with Crippen LogP contribution in [0.1, 0.15) is 60.2 Å². The van der Waals surface area contributed by atoms with E-state index >= 15 is 0 Å². The summed E-state index contributed by atoms with van der Waals surface area (Å²) in [6.45, 7) is 10.7. The van der Waals surface area contributed by atoms with Crippen LogP contribution >= 0.6 is 0 Å². The number of benzene rings is 2. The molecule has 0 atom stereocenters. The molecule has 0 spiro atoms. The van der Waals surface area contributed by atoms with Crippen LogP contribution in [0.3, 0.4) is 0 Å². The number of rotatable bonds is 9. The van der Waals surface area contributed by atoms with Gasteiger partial charge in [-0.3, -0.25) is 9.69 Å². The highest BCUT2D eigenvalue weighted by atomic mass is 16.5. The third kappa shape index (κ3) is 8.99. The van der Waals surface area contributed by atoms with Crippen molar-refractivity contribution in [2.45, 2.75) is 52.6 Å². The first-order chi connectivity index (χ1) is 18.6. The minimum Gasteiger partial charge on any atom is -0.491 e. The molecule has 1 aliphatic heterocycles. The zero-order chi connectivity index (χ0) is 26.6. The minimum absolute atomic E-state index is 0.0484. The van der Waals surface area contributed by atoms with E-state index in [1.807, 2.05) is 30.7 Å². The van der Waals surface area contributed by atoms with Crippen molar-refractivity contribution >= 4 is 5.91 Å². The molecular formula is C31H42N4O3. The number of carbonyl (C=O) groups excluding carboxylic acids is 1. The van der Waals surface area contributed by atoms with E-state index in [-0.39, 0.29) is 5.91 Å². The smallest absolute Gasteiger partial charge is 0.251 e. The highest BCUT2D eigenvalue weighted by Gasteiger charge is 2.14. The summed E-state index contributed by atoms with van der Waals surface area (Å²) < 4.78 is 14.1. The minimum atomic E-state index is -0.0484. The van der Waals surface area contributed by atoms with Crippen molar-refractivity contribution in [1.29, 1.82) is 0 Å². The van der Waals surface area contributed by atoms with Crippen LogP contribution in [0.25, 0.3) is 0 Å². The molecule has 2 bridgehead atoms. The van der Waals surface area contributed by atoms with Gasteiger partial charge in [0, 0.05) is 50.6 Å². The van der Waals surface area contributed by atoms with Gasteiger partial charge in [-0.15, -0.1) is 0 Å². The Kier molecular flexibility index (Phi) is 10.8. The zero-order valence-corrected chi connectivity index (χ0v) is 22.9. The number of nitrogens with zero attached hydrogens (tertiary/aromatic N) is 3. The summed E-state index contributed by atoms with van der Waals surface area (Å²) >= 11 is 0. The molecule has 0 saturated carbocycles. The second-order valence-corrected chi connectivity index (χ2v) is 10.5. The van der Waals surface area contributed by atoms with Gasteiger partial charge in [0.05, 0.1) is 19.5 Å². The molecule has 3 aromatic rings. The van der Waals surface area contributed by atoms with Crippen LogP contribution in [0.2, 0.25) is 0 Å². The number of fused-ring (bicyclic) bond motifs is 3. The maximum Gasteiger partial charge on any atom is 0.251 e. The fraction of sp³-hybridized carbons (Fsp3) is 0.484. The summed E-state index contributed by atoms with van der Waals surface area (Å²) in [6, 6.07) is 14.5. The Labute approximate surface area is 227 Å². The van der Waals surface area contributed by atoms with Gasteiger partial charge in [-0.05, 0) is 66.6 Å². The van der Waals surface area contributed by atoms with Crippen LogP contribution < -0.4 is 10.1 Å². The van der Waals surface area contributed by atoms with E-state index in [0.29, 0.717) is 44.3 Å². The van der Waals surface area contributed by atoms with Crippen LogP contribution in [0, 0.1) is 5.92 Å².